The Kier molecular flexibility index (Phi) is 5.76. The lowest BCUT2D eigenvalue weighted by molar-refractivity contribution is -0.120. The lowest BCUT2D eigenvalue weighted by Gasteiger charge is -2.05. The molecule has 98 valence electrons. The molecule has 0 spiro atoms. The molecule has 1 rings (SSSR count). The fourth-order valence-corrected chi connectivity index (χ4v) is 1.24. The van der Waals surface area contributed by atoms with E-state index in [9.17, 15) is 9.59 Å². The summed E-state index contributed by atoms with van der Waals surface area (Å²) in [4.78, 5) is 30.8. The van der Waals surface area contributed by atoms with Gasteiger partial charge in [0.15, 0.2) is 0 Å². The Morgan fingerprint density at radius 3 is 2.56 bits per heavy atom. The van der Waals surface area contributed by atoms with Gasteiger partial charge in [0, 0.05) is 25.7 Å². The van der Waals surface area contributed by atoms with Crippen LogP contribution in [0, 0.1) is 6.92 Å². The second kappa shape index (κ2) is 7.37. The monoisotopic (exact) mass is 250 g/mol. The van der Waals surface area contributed by atoms with Gasteiger partial charge in [-0.2, -0.15) is 0 Å². The standard InChI is InChI=1S/C12H18N4O2/c1-3-5-13-11(17)4-6-14-12(18)10-8-15-9(2)7-16-10/h7-8H,3-6H2,1-2H3,(H,13,17)(H,14,18). The van der Waals surface area contributed by atoms with Gasteiger partial charge in [-0.3, -0.25) is 14.6 Å². The first-order chi connectivity index (χ1) is 8.63. The quantitative estimate of drug-likeness (QED) is 0.767. The van der Waals surface area contributed by atoms with Gasteiger partial charge < -0.3 is 10.6 Å². The van der Waals surface area contributed by atoms with E-state index in [4.69, 9.17) is 0 Å². The second-order valence-electron chi connectivity index (χ2n) is 3.90. The first-order valence-corrected chi connectivity index (χ1v) is 5.97. The molecular formula is C12H18N4O2. The molecule has 2 amide bonds. The zero-order valence-corrected chi connectivity index (χ0v) is 10.7. The lowest BCUT2D eigenvalue weighted by Crippen LogP contribution is -2.31. The van der Waals surface area contributed by atoms with E-state index >= 15 is 0 Å². The highest BCUT2D eigenvalue weighted by Crippen LogP contribution is 1.93. The smallest absolute Gasteiger partial charge is 0.271 e. The highest BCUT2D eigenvalue weighted by molar-refractivity contribution is 5.92. The molecule has 1 aromatic rings. The summed E-state index contributed by atoms with van der Waals surface area (Å²) in [5, 5.41) is 5.36. The summed E-state index contributed by atoms with van der Waals surface area (Å²) >= 11 is 0. The average molecular weight is 250 g/mol. The van der Waals surface area contributed by atoms with Crippen molar-refractivity contribution < 1.29 is 9.59 Å². The molecule has 1 aromatic heterocycles. The van der Waals surface area contributed by atoms with Crippen molar-refractivity contribution in [3.8, 4) is 0 Å². The topological polar surface area (TPSA) is 84.0 Å². The molecule has 0 saturated carbocycles. The van der Waals surface area contributed by atoms with Crippen molar-refractivity contribution in [2.24, 2.45) is 0 Å². The van der Waals surface area contributed by atoms with Crippen molar-refractivity contribution in [3.05, 3.63) is 23.8 Å². The van der Waals surface area contributed by atoms with E-state index in [0.29, 0.717) is 13.1 Å². The van der Waals surface area contributed by atoms with Gasteiger partial charge in [0.25, 0.3) is 5.91 Å². The van der Waals surface area contributed by atoms with E-state index in [2.05, 4.69) is 20.6 Å². The first-order valence-electron chi connectivity index (χ1n) is 5.97. The van der Waals surface area contributed by atoms with Crippen molar-refractivity contribution in [1.29, 1.82) is 0 Å². The number of aromatic nitrogens is 2. The van der Waals surface area contributed by atoms with Crippen LogP contribution >= 0.6 is 0 Å². The van der Waals surface area contributed by atoms with E-state index in [0.717, 1.165) is 12.1 Å². The summed E-state index contributed by atoms with van der Waals surface area (Å²) in [6.45, 7) is 4.74. The van der Waals surface area contributed by atoms with Crippen LogP contribution < -0.4 is 10.6 Å². The summed E-state index contributed by atoms with van der Waals surface area (Å²) in [5.41, 5.74) is 1.01. The van der Waals surface area contributed by atoms with E-state index < -0.39 is 0 Å². The second-order valence-corrected chi connectivity index (χ2v) is 3.90. The minimum absolute atomic E-state index is 0.0628. The van der Waals surface area contributed by atoms with Gasteiger partial charge in [-0.25, -0.2) is 4.98 Å². The fourth-order valence-electron chi connectivity index (χ4n) is 1.24. The predicted molar refractivity (Wildman–Crippen MR) is 67.0 cm³/mol. The van der Waals surface area contributed by atoms with Gasteiger partial charge in [-0.15, -0.1) is 0 Å². The molecule has 18 heavy (non-hydrogen) atoms. The number of aryl methyl sites for hydroxylation is 1. The zero-order valence-electron chi connectivity index (χ0n) is 10.7. The largest absolute Gasteiger partial charge is 0.356 e. The summed E-state index contributed by atoms with van der Waals surface area (Å²) in [5.74, 6) is -0.377. The van der Waals surface area contributed by atoms with Crippen LogP contribution in [0.5, 0.6) is 0 Å². The number of rotatable bonds is 6. The Bertz CT molecular complexity index is 403. The van der Waals surface area contributed by atoms with Gasteiger partial charge in [0.05, 0.1) is 11.9 Å². The molecular weight excluding hydrogens is 232 g/mol. The number of nitrogens with one attached hydrogen (secondary N) is 2. The van der Waals surface area contributed by atoms with Gasteiger partial charge in [0.2, 0.25) is 5.91 Å². The Morgan fingerprint density at radius 2 is 1.94 bits per heavy atom. The zero-order chi connectivity index (χ0) is 13.4. The lowest BCUT2D eigenvalue weighted by atomic mass is 10.3. The normalized spacial score (nSPS) is 9.89. The van der Waals surface area contributed by atoms with E-state index in [1.165, 1.54) is 12.4 Å². The third kappa shape index (κ3) is 4.90. The minimum Gasteiger partial charge on any atom is -0.356 e. The maximum Gasteiger partial charge on any atom is 0.271 e. The van der Waals surface area contributed by atoms with Crippen molar-refractivity contribution in [3.63, 3.8) is 0 Å². The summed E-state index contributed by atoms with van der Waals surface area (Å²) in [6, 6.07) is 0. The fraction of sp³-hybridized carbons (Fsp3) is 0.500. The van der Waals surface area contributed by atoms with E-state index in [1.807, 2.05) is 6.92 Å². The molecule has 0 aliphatic carbocycles. The Morgan fingerprint density at radius 1 is 1.17 bits per heavy atom. The molecule has 0 atom stereocenters. The van der Waals surface area contributed by atoms with Crippen LogP contribution in [-0.4, -0.2) is 34.9 Å². The van der Waals surface area contributed by atoms with Crippen LogP contribution in [-0.2, 0) is 4.79 Å². The van der Waals surface area contributed by atoms with Crippen LogP contribution in [0.2, 0.25) is 0 Å². The van der Waals surface area contributed by atoms with Crippen molar-refractivity contribution in [1.82, 2.24) is 20.6 Å². The molecule has 6 heteroatoms. The van der Waals surface area contributed by atoms with Gasteiger partial charge in [0.1, 0.15) is 5.69 Å². The van der Waals surface area contributed by atoms with Crippen LogP contribution in [0.25, 0.3) is 0 Å². The summed E-state index contributed by atoms with van der Waals surface area (Å²) in [6.07, 6.45) is 4.12. The summed E-state index contributed by atoms with van der Waals surface area (Å²) in [7, 11) is 0. The van der Waals surface area contributed by atoms with Crippen LogP contribution in [0.3, 0.4) is 0 Å². The molecule has 0 fully saturated rings. The van der Waals surface area contributed by atoms with Crippen LogP contribution in [0.1, 0.15) is 35.9 Å². The Hall–Kier alpha value is -1.98. The number of carbonyl (C=O) groups excluding carboxylic acids is 2. The maximum absolute atomic E-state index is 11.6. The average Bonchev–Trinajstić information content (AvgIpc) is 2.37. The first kappa shape index (κ1) is 14.1. The molecule has 0 aromatic carbocycles. The third-order valence-electron chi connectivity index (χ3n) is 2.22. The van der Waals surface area contributed by atoms with Crippen molar-refractivity contribution in [2.45, 2.75) is 26.7 Å². The highest BCUT2D eigenvalue weighted by Gasteiger charge is 2.07. The molecule has 0 bridgehead atoms. The Labute approximate surface area is 106 Å². The molecule has 1 heterocycles. The number of amides is 2. The molecule has 0 radical (unpaired) electrons. The molecule has 2 N–H and O–H groups in total. The highest BCUT2D eigenvalue weighted by atomic mass is 16.2. The molecule has 0 aliphatic rings. The number of nitrogens with zero attached hydrogens (tertiary/aromatic N) is 2. The Balaban J connectivity index is 2.29. The van der Waals surface area contributed by atoms with Crippen LogP contribution in [0.15, 0.2) is 12.4 Å². The van der Waals surface area contributed by atoms with Crippen molar-refractivity contribution >= 4 is 11.8 Å². The van der Waals surface area contributed by atoms with E-state index in [1.54, 1.807) is 6.92 Å². The molecule has 0 aliphatic heterocycles. The van der Waals surface area contributed by atoms with Gasteiger partial charge >= 0.3 is 0 Å². The molecule has 0 saturated heterocycles. The summed E-state index contributed by atoms with van der Waals surface area (Å²) < 4.78 is 0. The van der Waals surface area contributed by atoms with E-state index in [-0.39, 0.29) is 23.9 Å². The minimum atomic E-state index is -0.314. The van der Waals surface area contributed by atoms with Gasteiger partial charge in [-0.05, 0) is 13.3 Å². The molecule has 6 nitrogen and oxygen atoms in total. The third-order valence-corrected chi connectivity index (χ3v) is 2.22. The van der Waals surface area contributed by atoms with Crippen molar-refractivity contribution in [2.75, 3.05) is 13.1 Å². The number of carbonyl (C=O) groups is 2. The number of hydrogen-bond acceptors (Lipinski definition) is 4. The predicted octanol–water partition coefficient (Wildman–Crippen LogP) is 0.431. The molecule has 0 unspecified atom stereocenters. The number of hydrogen-bond donors (Lipinski definition) is 2. The van der Waals surface area contributed by atoms with Crippen LogP contribution in [0.4, 0.5) is 0 Å². The SMILES string of the molecule is CCCNC(=O)CCNC(=O)c1cnc(C)cn1. The maximum atomic E-state index is 11.6. The van der Waals surface area contributed by atoms with Gasteiger partial charge in [-0.1, -0.05) is 6.92 Å².